The van der Waals surface area contributed by atoms with Gasteiger partial charge in [0.1, 0.15) is 61.0 Å². The Morgan fingerprint density at radius 2 is 1.06 bits per heavy atom. The predicted molar refractivity (Wildman–Crippen MR) is 98.4 cm³/mol. The van der Waals surface area contributed by atoms with Crippen LogP contribution in [0.1, 0.15) is 13.8 Å². The number of aliphatic hydroxyl groups excluding tert-OH is 9. The van der Waals surface area contributed by atoms with Crippen molar-refractivity contribution < 1.29 is 69.6 Å². The van der Waals surface area contributed by atoms with E-state index in [1.165, 1.54) is 13.8 Å². The molecule has 0 aromatic heterocycles. The van der Waals surface area contributed by atoms with Gasteiger partial charge >= 0.3 is 0 Å². The summed E-state index contributed by atoms with van der Waals surface area (Å²) in [5.41, 5.74) is 0. The minimum absolute atomic E-state index is 0.714. The predicted octanol–water partition coefficient (Wildman–Crippen LogP) is -5.52. The van der Waals surface area contributed by atoms with Gasteiger partial charge in [-0.3, -0.25) is 0 Å². The summed E-state index contributed by atoms with van der Waals surface area (Å²) in [6.45, 7) is 2.14. The van der Waals surface area contributed by atoms with Crippen LogP contribution in [0.5, 0.6) is 0 Å². The van der Waals surface area contributed by atoms with Crippen LogP contribution in [0, 0.1) is 0 Å². The van der Waals surface area contributed by atoms with Crippen LogP contribution >= 0.6 is 0 Å². The highest BCUT2D eigenvalue weighted by atomic mass is 16.8. The molecule has 15 atom stereocenters. The second-order valence-corrected chi connectivity index (χ2v) is 8.30. The molecule has 0 aliphatic carbocycles. The molecule has 0 amide bonds. The van der Waals surface area contributed by atoms with Crippen molar-refractivity contribution in [2.24, 2.45) is 0 Å². The maximum Gasteiger partial charge on any atom is 0.187 e. The zero-order valence-electron chi connectivity index (χ0n) is 17.4. The van der Waals surface area contributed by atoms with Crippen LogP contribution in [0.3, 0.4) is 0 Å². The molecular formula is C18H32O14. The second-order valence-electron chi connectivity index (χ2n) is 8.30. The molecular weight excluding hydrogens is 440 g/mol. The standard InChI is InChI=1S/C18H32O14/c1-4-7(20)10(23)12(25)17(29-4)31-14-8(21)5(2)28-16(27)15(14)32-18-13(26)11(24)9(22)6(3-19)30-18/h4-27H,3H2,1-2H3/t4-,5-,6+,7-,8-,9+,10+,11-,12+,13+,14+,15+,16+,17-,18+/m0/s1. The van der Waals surface area contributed by atoms with Gasteiger partial charge in [-0.05, 0) is 13.8 Å². The van der Waals surface area contributed by atoms with Gasteiger partial charge in [0, 0.05) is 0 Å². The third-order valence-electron chi connectivity index (χ3n) is 6.02. The molecule has 0 unspecified atom stereocenters. The van der Waals surface area contributed by atoms with Crippen molar-refractivity contribution in [1.29, 1.82) is 0 Å². The van der Waals surface area contributed by atoms with E-state index in [2.05, 4.69) is 0 Å². The van der Waals surface area contributed by atoms with Gasteiger partial charge in [-0.2, -0.15) is 0 Å². The van der Waals surface area contributed by atoms with E-state index in [9.17, 15) is 46.0 Å². The Morgan fingerprint density at radius 1 is 0.562 bits per heavy atom. The summed E-state index contributed by atoms with van der Waals surface area (Å²) in [6.07, 6.45) is -22.6. The highest BCUT2D eigenvalue weighted by Gasteiger charge is 2.52. The molecule has 32 heavy (non-hydrogen) atoms. The van der Waals surface area contributed by atoms with Crippen LogP contribution in [0.2, 0.25) is 0 Å². The van der Waals surface area contributed by atoms with Gasteiger partial charge in [-0.15, -0.1) is 0 Å². The highest BCUT2D eigenvalue weighted by molar-refractivity contribution is 4.95. The van der Waals surface area contributed by atoms with Crippen molar-refractivity contribution >= 4 is 0 Å². The molecule has 3 aliphatic rings. The van der Waals surface area contributed by atoms with E-state index in [0.717, 1.165) is 0 Å². The number of ether oxygens (including phenoxy) is 5. The molecule has 0 spiro atoms. The topological polar surface area (TPSA) is 228 Å². The fraction of sp³-hybridized carbons (Fsp3) is 1.00. The van der Waals surface area contributed by atoms with Gasteiger partial charge in [0.2, 0.25) is 0 Å². The molecule has 3 rings (SSSR count). The Labute approximate surface area is 183 Å². The Bertz CT molecular complexity index is 608. The molecule has 14 nitrogen and oxygen atoms in total. The summed E-state index contributed by atoms with van der Waals surface area (Å²) in [5.74, 6) is 0. The molecule has 0 saturated carbocycles. The van der Waals surface area contributed by atoms with E-state index in [1.807, 2.05) is 0 Å². The van der Waals surface area contributed by atoms with E-state index >= 15 is 0 Å². The first kappa shape index (κ1) is 26.1. The first-order valence-electron chi connectivity index (χ1n) is 10.3. The van der Waals surface area contributed by atoms with Crippen LogP contribution in [-0.2, 0) is 23.7 Å². The van der Waals surface area contributed by atoms with Gasteiger partial charge in [0.05, 0.1) is 18.8 Å². The molecule has 3 fully saturated rings. The third-order valence-corrected chi connectivity index (χ3v) is 6.02. The van der Waals surface area contributed by atoms with Crippen LogP contribution in [0.4, 0.5) is 0 Å². The number of hydrogen-bond donors (Lipinski definition) is 9. The largest absolute Gasteiger partial charge is 0.394 e. The minimum atomic E-state index is -1.80. The number of hydrogen-bond acceptors (Lipinski definition) is 14. The summed E-state index contributed by atoms with van der Waals surface area (Å²) in [6, 6.07) is 0. The van der Waals surface area contributed by atoms with Gasteiger partial charge in [-0.25, -0.2) is 0 Å². The average Bonchev–Trinajstić information content (AvgIpc) is 2.76. The average molecular weight is 472 g/mol. The summed E-state index contributed by atoms with van der Waals surface area (Å²) in [5, 5.41) is 90.4. The van der Waals surface area contributed by atoms with E-state index < -0.39 is 98.7 Å². The summed E-state index contributed by atoms with van der Waals surface area (Å²) >= 11 is 0. The zero-order valence-corrected chi connectivity index (χ0v) is 17.4. The molecule has 9 N–H and O–H groups in total. The Hall–Kier alpha value is -0.560. The zero-order chi connectivity index (χ0) is 23.9. The SMILES string of the molecule is C[C@@H]1O[C@@H](O[C@@H]2[C@@H](O)[C@H](C)O[C@@H](O)[C@@H]2O[C@H]2O[C@H](CO)[C@@H](O)[C@H](O)[C@H]2O)[C@H](O)[C@H](O)[C@H]1O. The van der Waals surface area contributed by atoms with E-state index in [1.54, 1.807) is 0 Å². The van der Waals surface area contributed by atoms with Gasteiger partial charge in [0.15, 0.2) is 18.9 Å². The van der Waals surface area contributed by atoms with Crippen LogP contribution in [-0.4, -0.2) is 145 Å². The molecule has 188 valence electrons. The Morgan fingerprint density at radius 3 is 1.66 bits per heavy atom. The fourth-order valence-electron chi connectivity index (χ4n) is 3.92. The molecule has 3 heterocycles. The lowest BCUT2D eigenvalue weighted by Crippen LogP contribution is -2.66. The lowest BCUT2D eigenvalue weighted by atomic mass is 9.96. The number of aliphatic hydroxyl groups is 9. The van der Waals surface area contributed by atoms with Crippen LogP contribution in [0.15, 0.2) is 0 Å². The molecule has 0 aromatic carbocycles. The monoisotopic (exact) mass is 472 g/mol. The molecule has 14 heteroatoms. The first-order valence-corrected chi connectivity index (χ1v) is 10.3. The first-order chi connectivity index (χ1) is 15.0. The summed E-state index contributed by atoms with van der Waals surface area (Å²) in [4.78, 5) is 0. The van der Waals surface area contributed by atoms with Crippen molar-refractivity contribution in [2.75, 3.05) is 6.61 Å². The van der Waals surface area contributed by atoms with Gasteiger partial charge in [0.25, 0.3) is 0 Å². The van der Waals surface area contributed by atoms with E-state index in [4.69, 9.17) is 23.7 Å². The van der Waals surface area contributed by atoms with E-state index in [0.29, 0.717) is 0 Å². The number of rotatable bonds is 5. The highest BCUT2D eigenvalue weighted by Crippen LogP contribution is 2.32. The second kappa shape index (κ2) is 10.4. The smallest absolute Gasteiger partial charge is 0.187 e. The summed E-state index contributed by atoms with van der Waals surface area (Å²) in [7, 11) is 0. The summed E-state index contributed by atoms with van der Waals surface area (Å²) < 4.78 is 27.0. The minimum Gasteiger partial charge on any atom is -0.394 e. The van der Waals surface area contributed by atoms with E-state index in [-0.39, 0.29) is 0 Å². The lowest BCUT2D eigenvalue weighted by molar-refractivity contribution is -0.384. The maximum atomic E-state index is 10.6. The Balaban J connectivity index is 1.79. The maximum absolute atomic E-state index is 10.6. The third kappa shape index (κ3) is 4.94. The van der Waals surface area contributed by atoms with Crippen LogP contribution in [0.25, 0.3) is 0 Å². The van der Waals surface area contributed by atoms with Crippen molar-refractivity contribution in [3.05, 3.63) is 0 Å². The molecule has 0 bridgehead atoms. The molecule has 0 aromatic rings. The van der Waals surface area contributed by atoms with Gasteiger partial charge < -0.3 is 69.6 Å². The Kier molecular flexibility index (Phi) is 8.44. The normalized spacial score (nSPS) is 55.0. The van der Waals surface area contributed by atoms with Crippen molar-refractivity contribution in [3.63, 3.8) is 0 Å². The quantitative estimate of drug-likeness (QED) is 0.182. The molecule has 3 aliphatic heterocycles. The van der Waals surface area contributed by atoms with Gasteiger partial charge in [-0.1, -0.05) is 0 Å². The lowest BCUT2D eigenvalue weighted by Gasteiger charge is -2.47. The molecule has 0 radical (unpaired) electrons. The van der Waals surface area contributed by atoms with Crippen molar-refractivity contribution in [1.82, 2.24) is 0 Å². The van der Waals surface area contributed by atoms with Crippen LogP contribution < -0.4 is 0 Å². The van der Waals surface area contributed by atoms with Crippen molar-refractivity contribution in [3.8, 4) is 0 Å². The molecule has 3 saturated heterocycles. The fourth-order valence-corrected chi connectivity index (χ4v) is 3.92. The van der Waals surface area contributed by atoms with Crippen molar-refractivity contribution in [2.45, 2.75) is 106 Å².